The number of aliphatic hydroxyl groups is 1. The first-order valence-electron chi connectivity index (χ1n) is 12.1. The monoisotopic (exact) mass is 494 g/mol. The van der Waals surface area contributed by atoms with E-state index >= 15 is 0 Å². The van der Waals surface area contributed by atoms with Crippen molar-refractivity contribution in [2.45, 2.75) is 64.9 Å². The van der Waals surface area contributed by atoms with E-state index < -0.39 is 0 Å². The van der Waals surface area contributed by atoms with Gasteiger partial charge in [0.2, 0.25) is 5.82 Å². The van der Waals surface area contributed by atoms with Crippen LogP contribution in [-0.2, 0) is 0 Å². The van der Waals surface area contributed by atoms with Crippen molar-refractivity contribution >= 4 is 21.5 Å². The molecule has 2 saturated carbocycles. The Kier molecular flexibility index (Phi) is 4.82. The zero-order chi connectivity index (χ0) is 22.1. The Morgan fingerprint density at radius 2 is 1.78 bits per heavy atom. The number of nitrogens with zero attached hydrogens (tertiary/aromatic N) is 2. The lowest BCUT2D eigenvalue weighted by Crippen LogP contribution is -2.49. The van der Waals surface area contributed by atoms with E-state index in [1.54, 1.807) is 0 Å². The molecule has 4 nitrogen and oxygen atoms in total. The number of aliphatic hydroxyl groups excluding tert-OH is 1. The Morgan fingerprint density at radius 1 is 1.00 bits per heavy atom. The summed E-state index contributed by atoms with van der Waals surface area (Å²) in [7, 11) is 0. The molecule has 0 saturated heterocycles. The molecule has 0 spiro atoms. The van der Waals surface area contributed by atoms with Crippen molar-refractivity contribution in [2.75, 3.05) is 0 Å². The van der Waals surface area contributed by atoms with E-state index in [0.717, 1.165) is 48.1 Å². The van der Waals surface area contributed by atoms with Crippen molar-refractivity contribution in [1.82, 2.24) is 10.1 Å². The van der Waals surface area contributed by atoms with Crippen LogP contribution in [0.1, 0.15) is 64.7 Å². The quantitative estimate of drug-likeness (QED) is 0.465. The summed E-state index contributed by atoms with van der Waals surface area (Å²) in [4.78, 5) is 4.82. The minimum Gasteiger partial charge on any atom is -0.393 e. The van der Waals surface area contributed by atoms with E-state index in [9.17, 15) is 5.11 Å². The number of benzene rings is 1. The minimum atomic E-state index is -0.142. The van der Waals surface area contributed by atoms with Crippen LogP contribution in [-0.4, -0.2) is 21.4 Å². The third kappa shape index (κ3) is 3.03. The first-order chi connectivity index (χ1) is 15.4. The SMILES string of the molecule is C[C@]12CC[C@H](O)CC1=CC[C@@H]1[C@@H]2CC[C@]2(C)C(c3nc(-c4ccc(Br)cc4)no3)=CC[C@@H]12. The second kappa shape index (κ2) is 7.39. The molecule has 0 unspecified atom stereocenters. The molecule has 168 valence electrons. The summed E-state index contributed by atoms with van der Waals surface area (Å²) in [5.74, 6) is 3.40. The van der Waals surface area contributed by atoms with Gasteiger partial charge >= 0.3 is 0 Å². The molecule has 4 aliphatic rings. The van der Waals surface area contributed by atoms with E-state index in [1.165, 1.54) is 24.0 Å². The molecule has 0 bridgehead atoms. The lowest BCUT2D eigenvalue weighted by molar-refractivity contribution is -0.0242. The van der Waals surface area contributed by atoms with Gasteiger partial charge in [0, 0.05) is 21.0 Å². The van der Waals surface area contributed by atoms with Gasteiger partial charge in [-0.2, -0.15) is 4.98 Å². The third-order valence-electron chi connectivity index (χ3n) is 9.42. The van der Waals surface area contributed by atoms with Crippen LogP contribution < -0.4 is 0 Å². The minimum absolute atomic E-state index is 0.0978. The Labute approximate surface area is 198 Å². The van der Waals surface area contributed by atoms with Gasteiger partial charge in [-0.3, -0.25) is 0 Å². The molecule has 1 aromatic heterocycles. The van der Waals surface area contributed by atoms with E-state index in [2.05, 4.69) is 47.1 Å². The first kappa shape index (κ1) is 20.9. The van der Waals surface area contributed by atoms with Crippen LogP contribution in [0.3, 0.4) is 0 Å². The molecule has 32 heavy (non-hydrogen) atoms. The van der Waals surface area contributed by atoms with Crippen LogP contribution in [0.5, 0.6) is 0 Å². The van der Waals surface area contributed by atoms with Gasteiger partial charge in [0.05, 0.1) is 6.10 Å². The second-order valence-corrected chi connectivity index (χ2v) is 11.8. The van der Waals surface area contributed by atoms with Gasteiger partial charge in [0.25, 0.3) is 5.89 Å². The zero-order valence-electron chi connectivity index (χ0n) is 18.9. The maximum Gasteiger partial charge on any atom is 0.254 e. The summed E-state index contributed by atoms with van der Waals surface area (Å²) in [6, 6.07) is 8.06. The Morgan fingerprint density at radius 3 is 2.59 bits per heavy atom. The molecule has 2 fully saturated rings. The summed E-state index contributed by atoms with van der Waals surface area (Å²) in [6.45, 7) is 4.92. The molecule has 1 heterocycles. The predicted molar refractivity (Wildman–Crippen MR) is 129 cm³/mol. The summed E-state index contributed by atoms with van der Waals surface area (Å²) in [5, 5.41) is 14.5. The normalized spacial score (nSPS) is 38.4. The molecule has 6 rings (SSSR count). The molecule has 0 amide bonds. The Hall–Kier alpha value is -1.72. The van der Waals surface area contributed by atoms with Gasteiger partial charge in [0.1, 0.15) is 0 Å². The fourth-order valence-corrected chi connectivity index (χ4v) is 7.85. The number of hydrogen-bond acceptors (Lipinski definition) is 4. The average Bonchev–Trinajstić information content (AvgIpc) is 3.39. The van der Waals surface area contributed by atoms with Crippen LogP contribution >= 0.6 is 15.9 Å². The lowest BCUT2D eigenvalue weighted by atomic mass is 9.47. The molecule has 1 N–H and O–H groups in total. The van der Waals surface area contributed by atoms with Crippen molar-refractivity contribution in [1.29, 1.82) is 0 Å². The number of rotatable bonds is 2. The molecule has 0 aliphatic heterocycles. The van der Waals surface area contributed by atoms with Gasteiger partial charge in [-0.1, -0.05) is 52.7 Å². The largest absolute Gasteiger partial charge is 0.393 e. The Balaban J connectivity index is 1.28. The number of allylic oxidation sites excluding steroid dienone is 3. The highest BCUT2D eigenvalue weighted by molar-refractivity contribution is 9.10. The van der Waals surface area contributed by atoms with Crippen molar-refractivity contribution in [2.24, 2.45) is 28.6 Å². The smallest absolute Gasteiger partial charge is 0.254 e. The summed E-state index contributed by atoms with van der Waals surface area (Å²) < 4.78 is 6.86. The van der Waals surface area contributed by atoms with E-state index in [4.69, 9.17) is 9.51 Å². The standard InChI is InChI=1S/C27H31BrN2O2/c1-26-13-11-19(31)15-17(26)5-8-20-21-9-10-23(27(21,2)14-12-22(20)26)25-29-24(30-32-25)16-3-6-18(28)7-4-16/h3-7,10,19-22,31H,8-9,11-15H2,1-2H3/t19-,20-,21-,22-,26-,27-/m0/s1. The third-order valence-corrected chi connectivity index (χ3v) is 9.95. The fraction of sp³-hybridized carbons (Fsp3) is 0.556. The highest BCUT2D eigenvalue weighted by atomic mass is 79.9. The van der Waals surface area contributed by atoms with Gasteiger partial charge in [-0.05, 0) is 92.4 Å². The molecule has 6 atom stereocenters. The highest BCUT2D eigenvalue weighted by Gasteiger charge is 2.57. The lowest BCUT2D eigenvalue weighted by Gasteiger charge is -2.57. The van der Waals surface area contributed by atoms with Crippen LogP contribution in [0.4, 0.5) is 0 Å². The van der Waals surface area contributed by atoms with Crippen molar-refractivity contribution in [3.05, 3.63) is 52.4 Å². The zero-order valence-corrected chi connectivity index (χ0v) is 20.4. The number of aromatic nitrogens is 2. The van der Waals surface area contributed by atoms with Crippen molar-refractivity contribution in [3.63, 3.8) is 0 Å². The van der Waals surface area contributed by atoms with Crippen molar-refractivity contribution < 1.29 is 9.63 Å². The molecular weight excluding hydrogens is 464 g/mol. The second-order valence-electron chi connectivity index (χ2n) is 10.9. The number of hydrogen-bond donors (Lipinski definition) is 1. The van der Waals surface area contributed by atoms with E-state index in [0.29, 0.717) is 23.6 Å². The molecular formula is C27H31BrN2O2. The van der Waals surface area contributed by atoms with Gasteiger partial charge in [-0.25, -0.2) is 0 Å². The predicted octanol–water partition coefficient (Wildman–Crippen LogP) is 6.82. The highest BCUT2D eigenvalue weighted by Crippen LogP contribution is 2.66. The van der Waals surface area contributed by atoms with E-state index in [-0.39, 0.29) is 16.9 Å². The van der Waals surface area contributed by atoms with E-state index in [1.807, 2.05) is 24.3 Å². The number of halogens is 1. The molecule has 0 radical (unpaired) electrons. The van der Waals surface area contributed by atoms with Crippen LogP contribution in [0.2, 0.25) is 0 Å². The van der Waals surface area contributed by atoms with Crippen LogP contribution in [0.15, 0.2) is 51.0 Å². The summed E-state index contributed by atoms with van der Waals surface area (Å²) >= 11 is 3.49. The topological polar surface area (TPSA) is 59.2 Å². The van der Waals surface area contributed by atoms with Crippen LogP contribution in [0.25, 0.3) is 17.0 Å². The van der Waals surface area contributed by atoms with Gasteiger partial charge < -0.3 is 9.63 Å². The first-order valence-corrected chi connectivity index (χ1v) is 12.9. The molecule has 5 heteroatoms. The van der Waals surface area contributed by atoms with Gasteiger partial charge in [-0.15, -0.1) is 0 Å². The number of fused-ring (bicyclic) bond motifs is 5. The summed E-state index contributed by atoms with van der Waals surface area (Å²) in [6.07, 6.45) is 12.4. The molecule has 2 aromatic rings. The summed E-state index contributed by atoms with van der Waals surface area (Å²) in [5.41, 5.74) is 4.13. The molecule has 1 aromatic carbocycles. The van der Waals surface area contributed by atoms with Gasteiger partial charge in [0.15, 0.2) is 0 Å². The maximum atomic E-state index is 10.2. The Bertz CT molecular complexity index is 1100. The fourth-order valence-electron chi connectivity index (χ4n) is 7.59. The maximum absolute atomic E-state index is 10.2. The van der Waals surface area contributed by atoms with Crippen LogP contribution in [0, 0.1) is 28.6 Å². The average molecular weight is 495 g/mol. The van der Waals surface area contributed by atoms with Crippen molar-refractivity contribution in [3.8, 4) is 11.4 Å². The molecule has 4 aliphatic carbocycles.